The van der Waals surface area contributed by atoms with Crippen LogP contribution in [0.5, 0.6) is 5.75 Å². The Hall–Kier alpha value is -2.59. The monoisotopic (exact) mass is 588 g/mol. The Balaban J connectivity index is 1.53. The molecule has 1 atom stereocenters. The molecule has 0 saturated heterocycles. The highest BCUT2D eigenvalue weighted by Crippen LogP contribution is 2.29. The van der Waals surface area contributed by atoms with Crippen LogP contribution in [0.25, 0.3) is 0 Å². The van der Waals surface area contributed by atoms with Gasteiger partial charge in [-0.25, -0.2) is 8.42 Å². The lowest BCUT2D eigenvalue weighted by Crippen LogP contribution is -2.27. The van der Waals surface area contributed by atoms with Crippen molar-refractivity contribution in [2.24, 2.45) is 0 Å². The number of Topliss-reactive ketones (excluding diaryl/α,β-unsaturated/α-hetero) is 1. The van der Waals surface area contributed by atoms with Crippen LogP contribution in [0.4, 0.5) is 13.2 Å². The number of alkyl halides is 3. The molecule has 3 rings (SSSR count). The van der Waals surface area contributed by atoms with E-state index in [-0.39, 0.29) is 36.0 Å². The van der Waals surface area contributed by atoms with Crippen molar-refractivity contribution >= 4 is 38.8 Å². The Morgan fingerprint density at radius 2 is 1.24 bits per heavy atom. The number of carbonyl (C=O) groups is 1. The highest BCUT2D eigenvalue weighted by Gasteiger charge is 2.41. The summed E-state index contributed by atoms with van der Waals surface area (Å²) in [5.41, 5.74) is 1.78. The molecular formula is C27H25Cl2F3O5S. The molecule has 11 heteroatoms. The van der Waals surface area contributed by atoms with Gasteiger partial charge in [-0.05, 0) is 53.1 Å². The molecule has 38 heavy (non-hydrogen) atoms. The van der Waals surface area contributed by atoms with Crippen LogP contribution < -0.4 is 4.74 Å². The van der Waals surface area contributed by atoms with E-state index < -0.39 is 33.8 Å². The van der Waals surface area contributed by atoms with Gasteiger partial charge in [-0.15, -0.1) is 0 Å². The first kappa shape index (κ1) is 30.0. The number of rotatable bonds is 12. The lowest BCUT2D eigenvalue weighted by Gasteiger charge is -2.19. The molecule has 0 bridgehead atoms. The van der Waals surface area contributed by atoms with E-state index in [1.807, 2.05) is 0 Å². The summed E-state index contributed by atoms with van der Waals surface area (Å²) in [6.45, 7) is 0.944. The first-order valence-corrected chi connectivity index (χ1v) is 14.1. The topological polar surface area (TPSA) is 69.7 Å². The van der Waals surface area contributed by atoms with E-state index in [1.54, 1.807) is 48.5 Å². The van der Waals surface area contributed by atoms with E-state index in [0.717, 1.165) is 11.1 Å². The van der Waals surface area contributed by atoms with E-state index in [9.17, 15) is 26.4 Å². The zero-order valence-electron chi connectivity index (χ0n) is 20.3. The average molecular weight is 589 g/mol. The quantitative estimate of drug-likeness (QED) is 0.232. The molecule has 204 valence electrons. The summed E-state index contributed by atoms with van der Waals surface area (Å²) in [7, 11) is -3.54. The Kier molecular flexibility index (Phi) is 10.2. The summed E-state index contributed by atoms with van der Waals surface area (Å²) in [5.74, 6) is -3.45. The summed E-state index contributed by atoms with van der Waals surface area (Å²) in [6, 6.07) is 19.6. The molecule has 0 aliphatic rings. The number of hydrogen-bond donors (Lipinski definition) is 0. The van der Waals surface area contributed by atoms with Crippen molar-refractivity contribution in [3.63, 3.8) is 0 Å². The fourth-order valence-corrected chi connectivity index (χ4v) is 4.73. The second-order valence-corrected chi connectivity index (χ2v) is 11.7. The van der Waals surface area contributed by atoms with Crippen LogP contribution in [0.2, 0.25) is 10.0 Å². The fourth-order valence-electron chi connectivity index (χ4n) is 3.59. The molecule has 0 spiro atoms. The predicted octanol–water partition coefficient (Wildman–Crippen LogP) is 6.83. The van der Waals surface area contributed by atoms with E-state index in [2.05, 4.69) is 0 Å². The van der Waals surface area contributed by atoms with Gasteiger partial charge in [0.15, 0.2) is 9.84 Å². The van der Waals surface area contributed by atoms with Crippen LogP contribution in [-0.4, -0.2) is 45.1 Å². The zero-order chi connectivity index (χ0) is 27.9. The molecule has 0 heterocycles. The SMILES string of the molecule is CC(C(=O)C(F)(F)F)c1ccc(OCCS(=O)(=O)CCOC(c2ccc(Cl)cc2)c2ccc(Cl)cc2)cc1. The number of ketones is 1. The zero-order valence-corrected chi connectivity index (χ0v) is 22.6. The molecular weight excluding hydrogens is 564 g/mol. The van der Waals surface area contributed by atoms with Gasteiger partial charge in [0, 0.05) is 16.0 Å². The third-order valence-corrected chi connectivity index (χ3v) is 7.82. The van der Waals surface area contributed by atoms with Crippen LogP contribution in [0.15, 0.2) is 72.8 Å². The summed E-state index contributed by atoms with van der Waals surface area (Å²) in [5, 5.41) is 1.12. The number of sulfone groups is 1. The number of benzene rings is 3. The second kappa shape index (κ2) is 13.0. The standard InChI is InChI=1S/C27H25Cl2F3O5S/c1-18(26(33)27(30,31)32)19-6-12-24(13-7-19)36-14-16-38(34,35)17-15-37-25(20-2-8-22(28)9-3-20)21-4-10-23(29)11-5-21/h2-13,18,25H,14-17H2,1H3. The molecule has 0 saturated carbocycles. The number of ether oxygens (including phenoxy) is 2. The summed E-state index contributed by atoms with van der Waals surface area (Å²) >= 11 is 12.0. The molecule has 0 aromatic heterocycles. The molecule has 0 fully saturated rings. The van der Waals surface area contributed by atoms with E-state index in [0.29, 0.717) is 10.0 Å². The van der Waals surface area contributed by atoms with Crippen LogP contribution in [0.1, 0.15) is 35.6 Å². The smallest absolute Gasteiger partial charge is 0.450 e. The summed E-state index contributed by atoms with van der Waals surface area (Å²) in [6.07, 6.45) is -5.45. The molecule has 0 N–H and O–H groups in total. The highest BCUT2D eigenvalue weighted by molar-refractivity contribution is 7.91. The van der Waals surface area contributed by atoms with Gasteiger partial charge in [0.1, 0.15) is 18.5 Å². The Morgan fingerprint density at radius 1 is 0.789 bits per heavy atom. The molecule has 1 unspecified atom stereocenters. The predicted molar refractivity (Wildman–Crippen MR) is 141 cm³/mol. The number of hydrogen-bond acceptors (Lipinski definition) is 5. The van der Waals surface area contributed by atoms with Gasteiger partial charge in [0.25, 0.3) is 0 Å². The lowest BCUT2D eigenvalue weighted by atomic mass is 9.96. The van der Waals surface area contributed by atoms with Gasteiger partial charge in [-0.3, -0.25) is 4.79 Å². The van der Waals surface area contributed by atoms with Crippen LogP contribution in [-0.2, 0) is 19.4 Å². The maximum absolute atomic E-state index is 12.6. The van der Waals surface area contributed by atoms with Gasteiger partial charge in [0.2, 0.25) is 5.78 Å². The number of halogens is 5. The normalized spacial score (nSPS) is 12.9. The lowest BCUT2D eigenvalue weighted by molar-refractivity contribution is -0.172. The van der Waals surface area contributed by atoms with Crippen molar-refractivity contribution in [2.45, 2.75) is 25.1 Å². The van der Waals surface area contributed by atoms with Gasteiger partial charge in [0.05, 0.1) is 18.1 Å². The first-order chi connectivity index (χ1) is 17.9. The average Bonchev–Trinajstić information content (AvgIpc) is 2.87. The van der Waals surface area contributed by atoms with Crippen LogP contribution in [0, 0.1) is 0 Å². The third kappa shape index (κ3) is 8.73. The second-order valence-electron chi connectivity index (χ2n) is 8.51. The van der Waals surface area contributed by atoms with Crippen molar-refractivity contribution in [2.75, 3.05) is 24.7 Å². The molecule has 0 radical (unpaired) electrons. The van der Waals surface area contributed by atoms with E-state index in [4.69, 9.17) is 32.7 Å². The highest BCUT2D eigenvalue weighted by atomic mass is 35.5. The Bertz CT molecular complexity index is 1270. The minimum atomic E-state index is -4.92. The van der Waals surface area contributed by atoms with Crippen molar-refractivity contribution in [3.05, 3.63) is 99.5 Å². The van der Waals surface area contributed by atoms with Crippen molar-refractivity contribution in [1.29, 1.82) is 0 Å². The molecule has 3 aromatic rings. The van der Waals surface area contributed by atoms with Crippen LogP contribution in [0.3, 0.4) is 0 Å². The Labute approximate surface area is 229 Å². The fraction of sp³-hybridized carbons (Fsp3) is 0.296. The van der Waals surface area contributed by atoms with Crippen molar-refractivity contribution in [1.82, 2.24) is 0 Å². The van der Waals surface area contributed by atoms with Gasteiger partial charge >= 0.3 is 6.18 Å². The summed E-state index contributed by atoms with van der Waals surface area (Å²) in [4.78, 5) is 11.4. The number of carbonyl (C=O) groups excluding carboxylic acids is 1. The van der Waals surface area contributed by atoms with Crippen LogP contribution >= 0.6 is 23.2 Å². The van der Waals surface area contributed by atoms with Gasteiger partial charge in [-0.2, -0.15) is 13.2 Å². The molecule has 0 amide bonds. The maximum Gasteiger partial charge on any atom is 0.450 e. The third-order valence-electron chi connectivity index (χ3n) is 5.74. The van der Waals surface area contributed by atoms with Gasteiger partial charge in [-0.1, -0.05) is 66.5 Å². The first-order valence-electron chi connectivity index (χ1n) is 11.5. The molecule has 3 aromatic carbocycles. The Morgan fingerprint density at radius 3 is 1.71 bits per heavy atom. The minimum absolute atomic E-state index is 0.0714. The largest absolute Gasteiger partial charge is 0.493 e. The minimum Gasteiger partial charge on any atom is -0.493 e. The maximum atomic E-state index is 12.6. The van der Waals surface area contributed by atoms with Gasteiger partial charge < -0.3 is 9.47 Å². The van der Waals surface area contributed by atoms with E-state index in [1.165, 1.54) is 31.2 Å². The van der Waals surface area contributed by atoms with Crippen molar-refractivity contribution in [3.8, 4) is 5.75 Å². The molecule has 0 aliphatic carbocycles. The van der Waals surface area contributed by atoms with Crippen molar-refractivity contribution < 1.29 is 35.9 Å². The molecule has 5 nitrogen and oxygen atoms in total. The summed E-state index contributed by atoms with van der Waals surface area (Å²) < 4.78 is 74.4. The van der Waals surface area contributed by atoms with E-state index >= 15 is 0 Å². The molecule has 0 aliphatic heterocycles.